The summed E-state index contributed by atoms with van der Waals surface area (Å²) in [5.41, 5.74) is 1.44. The van der Waals surface area contributed by atoms with Crippen molar-refractivity contribution in [2.75, 3.05) is 6.54 Å². The predicted molar refractivity (Wildman–Crippen MR) is 110 cm³/mol. The van der Waals surface area contributed by atoms with Gasteiger partial charge in [-0.1, -0.05) is 48.3 Å². The highest BCUT2D eigenvalue weighted by molar-refractivity contribution is 6.36. The molecule has 1 amide bonds. The number of carbonyl (C=O) groups excluding carboxylic acids is 1. The van der Waals surface area contributed by atoms with Crippen LogP contribution in [-0.2, 0) is 11.2 Å². The van der Waals surface area contributed by atoms with Gasteiger partial charge in [0.05, 0.1) is 0 Å². The first kappa shape index (κ1) is 21.2. The molecule has 0 aliphatic carbocycles. The van der Waals surface area contributed by atoms with Crippen LogP contribution in [0.25, 0.3) is 0 Å². The average molecular weight is 436 g/mol. The van der Waals surface area contributed by atoms with Gasteiger partial charge in [0, 0.05) is 28.9 Å². The molecule has 0 saturated carbocycles. The number of benzene rings is 2. The molecule has 6 nitrogen and oxygen atoms in total. The summed E-state index contributed by atoms with van der Waals surface area (Å²) in [4.78, 5) is 13.0. The summed E-state index contributed by atoms with van der Waals surface area (Å²) in [7, 11) is 0. The van der Waals surface area contributed by atoms with Gasteiger partial charge in [0.25, 0.3) is 0 Å². The van der Waals surface area contributed by atoms with Crippen LogP contribution >= 0.6 is 23.2 Å². The van der Waals surface area contributed by atoms with E-state index in [4.69, 9.17) is 23.2 Å². The quantitative estimate of drug-likeness (QED) is 0.605. The van der Waals surface area contributed by atoms with E-state index in [1.54, 1.807) is 37.3 Å². The molecule has 1 heterocycles. The van der Waals surface area contributed by atoms with Crippen LogP contribution in [0.1, 0.15) is 35.8 Å². The molecule has 2 unspecified atom stereocenters. The van der Waals surface area contributed by atoms with Crippen LogP contribution in [0.4, 0.5) is 4.39 Å². The highest BCUT2D eigenvalue weighted by Crippen LogP contribution is 2.31. The largest absolute Gasteiger partial charge is 0.354 e. The fraction of sp³-hybridized carbons (Fsp3) is 0.300. The monoisotopic (exact) mass is 435 g/mol. The van der Waals surface area contributed by atoms with E-state index in [-0.39, 0.29) is 24.1 Å². The lowest BCUT2D eigenvalue weighted by atomic mass is 10.0. The van der Waals surface area contributed by atoms with E-state index in [0.717, 1.165) is 5.56 Å². The smallest absolute Gasteiger partial charge is 0.245 e. The topological polar surface area (TPSA) is 72.7 Å². The average Bonchev–Trinajstić information content (AvgIpc) is 3.09. The second-order valence-electron chi connectivity index (χ2n) is 6.80. The summed E-state index contributed by atoms with van der Waals surface area (Å²) in [5.74, 6) is -0.259. The molecule has 3 aromatic rings. The third kappa shape index (κ3) is 5.10. The van der Waals surface area contributed by atoms with Crippen LogP contribution in [0.3, 0.4) is 0 Å². The second-order valence-corrected chi connectivity index (χ2v) is 7.62. The van der Waals surface area contributed by atoms with Crippen LogP contribution in [0.5, 0.6) is 0 Å². The van der Waals surface area contributed by atoms with Crippen molar-refractivity contribution in [3.63, 3.8) is 0 Å². The van der Waals surface area contributed by atoms with E-state index in [0.29, 0.717) is 28.0 Å². The van der Waals surface area contributed by atoms with Gasteiger partial charge in [0.2, 0.25) is 5.91 Å². The van der Waals surface area contributed by atoms with Crippen molar-refractivity contribution in [3.8, 4) is 0 Å². The summed E-state index contributed by atoms with van der Waals surface area (Å²) in [6, 6.07) is 10.7. The molecule has 2 aromatic carbocycles. The summed E-state index contributed by atoms with van der Waals surface area (Å²) in [6.45, 7) is 3.96. The predicted octanol–water partition coefficient (Wildman–Crippen LogP) is 4.13. The van der Waals surface area contributed by atoms with Gasteiger partial charge < -0.3 is 5.32 Å². The van der Waals surface area contributed by atoms with Gasteiger partial charge in [0.15, 0.2) is 0 Å². The lowest BCUT2D eigenvalue weighted by Gasteiger charge is -2.20. The number of carbonyl (C=O) groups is 1. The molecular weight excluding hydrogens is 416 g/mol. The molecule has 0 saturated heterocycles. The standard InChI is InChI=1S/C20H20Cl2FN5O/c1-12(19-16(21)7-4-8-17(19)22)11-24-20(29)18(28-13(2)25-26-27-28)10-14-5-3-6-15(23)9-14/h3-9,12,18H,10-11H2,1-2H3,(H,24,29). The van der Waals surface area contributed by atoms with Crippen LogP contribution in [0.15, 0.2) is 42.5 Å². The number of aromatic nitrogens is 4. The van der Waals surface area contributed by atoms with Gasteiger partial charge in [-0.3, -0.25) is 4.79 Å². The number of tetrazole rings is 1. The number of nitrogens with zero attached hydrogens (tertiary/aromatic N) is 4. The lowest BCUT2D eigenvalue weighted by Crippen LogP contribution is -2.37. The van der Waals surface area contributed by atoms with Gasteiger partial charge in [-0.05, 0) is 52.7 Å². The number of aryl methyl sites for hydroxylation is 1. The Bertz CT molecular complexity index is 990. The van der Waals surface area contributed by atoms with Crippen molar-refractivity contribution in [2.45, 2.75) is 32.2 Å². The van der Waals surface area contributed by atoms with Gasteiger partial charge in [0.1, 0.15) is 17.7 Å². The number of amides is 1. The highest BCUT2D eigenvalue weighted by atomic mass is 35.5. The zero-order chi connectivity index (χ0) is 21.0. The first-order chi connectivity index (χ1) is 13.9. The normalized spacial score (nSPS) is 13.1. The van der Waals surface area contributed by atoms with Crippen molar-refractivity contribution < 1.29 is 9.18 Å². The van der Waals surface area contributed by atoms with Gasteiger partial charge in [-0.15, -0.1) is 5.10 Å². The van der Waals surface area contributed by atoms with Crippen molar-refractivity contribution in [1.82, 2.24) is 25.5 Å². The zero-order valence-electron chi connectivity index (χ0n) is 15.9. The molecule has 0 fully saturated rings. The Kier molecular flexibility index (Phi) is 6.82. The molecule has 1 aromatic heterocycles. The van der Waals surface area contributed by atoms with E-state index in [1.807, 2.05) is 6.92 Å². The molecule has 1 N–H and O–H groups in total. The van der Waals surface area contributed by atoms with E-state index < -0.39 is 6.04 Å². The molecule has 29 heavy (non-hydrogen) atoms. The molecule has 0 spiro atoms. The first-order valence-corrected chi connectivity index (χ1v) is 9.83. The maximum atomic E-state index is 13.6. The Labute approximate surface area is 178 Å². The Morgan fingerprint density at radius 2 is 1.90 bits per heavy atom. The Balaban J connectivity index is 1.77. The number of hydrogen-bond donors (Lipinski definition) is 1. The van der Waals surface area contributed by atoms with Crippen molar-refractivity contribution in [2.24, 2.45) is 0 Å². The Morgan fingerprint density at radius 1 is 1.21 bits per heavy atom. The molecule has 0 radical (unpaired) electrons. The maximum Gasteiger partial charge on any atom is 0.245 e. The van der Waals surface area contributed by atoms with Crippen molar-refractivity contribution in [3.05, 3.63) is 75.3 Å². The van der Waals surface area contributed by atoms with E-state index in [1.165, 1.54) is 16.8 Å². The summed E-state index contributed by atoms with van der Waals surface area (Å²) in [5, 5.41) is 15.4. The summed E-state index contributed by atoms with van der Waals surface area (Å²) < 4.78 is 15.0. The van der Waals surface area contributed by atoms with E-state index in [2.05, 4.69) is 20.8 Å². The van der Waals surface area contributed by atoms with Gasteiger partial charge >= 0.3 is 0 Å². The molecule has 152 valence electrons. The second kappa shape index (κ2) is 9.33. The van der Waals surface area contributed by atoms with Crippen LogP contribution in [0.2, 0.25) is 10.0 Å². The fourth-order valence-electron chi connectivity index (χ4n) is 3.16. The van der Waals surface area contributed by atoms with Crippen LogP contribution < -0.4 is 5.32 Å². The van der Waals surface area contributed by atoms with E-state index >= 15 is 0 Å². The van der Waals surface area contributed by atoms with Gasteiger partial charge in [-0.25, -0.2) is 9.07 Å². The maximum absolute atomic E-state index is 13.6. The Morgan fingerprint density at radius 3 is 2.52 bits per heavy atom. The minimum atomic E-state index is -0.722. The van der Waals surface area contributed by atoms with Gasteiger partial charge in [-0.2, -0.15) is 0 Å². The number of halogens is 3. The molecule has 2 atom stereocenters. The third-order valence-electron chi connectivity index (χ3n) is 4.65. The highest BCUT2D eigenvalue weighted by Gasteiger charge is 2.25. The molecular formula is C20H20Cl2FN5O. The molecule has 3 rings (SSSR count). The number of rotatable bonds is 7. The summed E-state index contributed by atoms with van der Waals surface area (Å²) >= 11 is 12.5. The summed E-state index contributed by atoms with van der Waals surface area (Å²) in [6.07, 6.45) is 0.247. The van der Waals surface area contributed by atoms with E-state index in [9.17, 15) is 9.18 Å². The fourth-order valence-corrected chi connectivity index (χ4v) is 3.93. The molecule has 0 aliphatic heterocycles. The minimum Gasteiger partial charge on any atom is -0.354 e. The molecule has 0 aliphatic rings. The lowest BCUT2D eigenvalue weighted by molar-refractivity contribution is -0.124. The molecule has 0 bridgehead atoms. The number of nitrogens with one attached hydrogen (secondary N) is 1. The van der Waals surface area contributed by atoms with Crippen molar-refractivity contribution >= 4 is 29.1 Å². The Hall–Kier alpha value is -2.51. The zero-order valence-corrected chi connectivity index (χ0v) is 17.5. The number of hydrogen-bond acceptors (Lipinski definition) is 4. The first-order valence-electron chi connectivity index (χ1n) is 9.07. The minimum absolute atomic E-state index is 0.107. The van der Waals surface area contributed by atoms with Crippen molar-refractivity contribution in [1.29, 1.82) is 0 Å². The SMILES string of the molecule is Cc1nnnn1C(Cc1cccc(F)c1)C(=O)NCC(C)c1c(Cl)cccc1Cl. The third-order valence-corrected chi connectivity index (χ3v) is 5.31. The van der Waals surface area contributed by atoms with Crippen LogP contribution in [0, 0.1) is 12.7 Å². The van der Waals surface area contributed by atoms with Crippen LogP contribution in [-0.4, -0.2) is 32.7 Å². The molecule has 9 heteroatoms.